The average molecular weight is 204 g/mol. The number of benzene rings is 1. The maximum atomic E-state index is 8.69. The topological polar surface area (TPSA) is 29.5 Å². The Morgan fingerprint density at radius 3 is 2.60 bits per heavy atom. The third-order valence-electron chi connectivity index (χ3n) is 2.06. The van der Waals surface area contributed by atoms with E-state index >= 15 is 0 Å². The van der Waals surface area contributed by atoms with E-state index in [1.807, 2.05) is 36.4 Å². The monoisotopic (exact) mass is 204 g/mol. The second-order valence-electron chi connectivity index (χ2n) is 3.24. The molecule has 0 aromatic heterocycles. The van der Waals surface area contributed by atoms with Crippen LogP contribution in [0.2, 0.25) is 0 Å². The standard InChI is InChI=1S/C13H16O2/c1-11(9-10-14)3-4-12-5-7-13(15-2)8-6-12/h3-8,14H,1,9-10H2,2H3/b4-3+. The van der Waals surface area contributed by atoms with Crippen molar-refractivity contribution in [2.75, 3.05) is 13.7 Å². The van der Waals surface area contributed by atoms with Gasteiger partial charge in [-0.25, -0.2) is 0 Å². The van der Waals surface area contributed by atoms with Crippen molar-refractivity contribution < 1.29 is 9.84 Å². The summed E-state index contributed by atoms with van der Waals surface area (Å²) in [4.78, 5) is 0. The predicted octanol–water partition coefficient (Wildman–Crippen LogP) is 2.65. The molecule has 2 nitrogen and oxygen atoms in total. The van der Waals surface area contributed by atoms with Gasteiger partial charge in [0.2, 0.25) is 0 Å². The Hall–Kier alpha value is -1.54. The highest BCUT2D eigenvalue weighted by molar-refractivity contribution is 5.53. The van der Waals surface area contributed by atoms with E-state index in [9.17, 15) is 0 Å². The first-order valence-corrected chi connectivity index (χ1v) is 4.87. The summed E-state index contributed by atoms with van der Waals surface area (Å²) < 4.78 is 5.06. The van der Waals surface area contributed by atoms with Crippen molar-refractivity contribution in [1.82, 2.24) is 0 Å². The van der Waals surface area contributed by atoms with Crippen LogP contribution in [0.1, 0.15) is 12.0 Å². The van der Waals surface area contributed by atoms with E-state index in [1.165, 1.54) is 0 Å². The smallest absolute Gasteiger partial charge is 0.118 e. The van der Waals surface area contributed by atoms with Gasteiger partial charge >= 0.3 is 0 Å². The molecule has 0 radical (unpaired) electrons. The van der Waals surface area contributed by atoms with E-state index in [4.69, 9.17) is 9.84 Å². The summed E-state index contributed by atoms with van der Waals surface area (Å²) in [5, 5.41) is 8.69. The molecular weight excluding hydrogens is 188 g/mol. The van der Waals surface area contributed by atoms with E-state index in [0.29, 0.717) is 6.42 Å². The minimum absolute atomic E-state index is 0.145. The summed E-state index contributed by atoms with van der Waals surface area (Å²) >= 11 is 0. The highest BCUT2D eigenvalue weighted by Crippen LogP contribution is 2.13. The van der Waals surface area contributed by atoms with Gasteiger partial charge in [0, 0.05) is 6.61 Å². The lowest BCUT2D eigenvalue weighted by Gasteiger charge is -1.99. The minimum atomic E-state index is 0.145. The molecule has 0 aliphatic heterocycles. The molecule has 1 aromatic carbocycles. The van der Waals surface area contributed by atoms with Crippen LogP contribution in [-0.2, 0) is 0 Å². The normalized spacial score (nSPS) is 10.5. The third kappa shape index (κ3) is 4.00. The zero-order chi connectivity index (χ0) is 11.1. The van der Waals surface area contributed by atoms with Crippen molar-refractivity contribution in [3.05, 3.63) is 48.1 Å². The number of hydrogen-bond acceptors (Lipinski definition) is 2. The number of methoxy groups -OCH3 is 1. The summed E-state index contributed by atoms with van der Waals surface area (Å²) in [5.74, 6) is 0.848. The fraction of sp³-hybridized carbons (Fsp3) is 0.231. The zero-order valence-corrected chi connectivity index (χ0v) is 8.94. The van der Waals surface area contributed by atoms with Crippen LogP contribution in [0.25, 0.3) is 6.08 Å². The quantitative estimate of drug-likeness (QED) is 0.747. The molecule has 0 heterocycles. The molecule has 0 aliphatic carbocycles. The Bertz CT molecular complexity index is 336. The van der Waals surface area contributed by atoms with Crippen LogP contribution in [0, 0.1) is 0 Å². The summed E-state index contributed by atoms with van der Waals surface area (Å²) in [6.45, 7) is 3.97. The molecular formula is C13H16O2. The number of aliphatic hydroxyl groups excluding tert-OH is 1. The molecule has 0 fully saturated rings. The van der Waals surface area contributed by atoms with Crippen LogP contribution in [0.5, 0.6) is 5.75 Å². The minimum Gasteiger partial charge on any atom is -0.497 e. The summed E-state index contributed by atoms with van der Waals surface area (Å²) in [6.07, 6.45) is 4.50. The Labute approximate surface area is 90.5 Å². The number of ether oxygens (including phenoxy) is 1. The van der Waals surface area contributed by atoms with Gasteiger partial charge in [-0.15, -0.1) is 0 Å². The molecule has 0 amide bonds. The van der Waals surface area contributed by atoms with E-state index < -0.39 is 0 Å². The van der Waals surface area contributed by atoms with E-state index in [2.05, 4.69) is 6.58 Å². The molecule has 0 bridgehead atoms. The first-order valence-electron chi connectivity index (χ1n) is 4.87. The number of aliphatic hydroxyl groups is 1. The maximum absolute atomic E-state index is 8.69. The highest BCUT2D eigenvalue weighted by atomic mass is 16.5. The predicted molar refractivity (Wildman–Crippen MR) is 62.9 cm³/mol. The fourth-order valence-electron chi connectivity index (χ4n) is 1.16. The molecule has 1 rings (SSSR count). The molecule has 0 spiro atoms. The van der Waals surface area contributed by atoms with Crippen LogP contribution < -0.4 is 4.74 Å². The van der Waals surface area contributed by atoms with Crippen molar-refractivity contribution in [3.63, 3.8) is 0 Å². The molecule has 1 N–H and O–H groups in total. The van der Waals surface area contributed by atoms with Crippen molar-refractivity contribution in [2.45, 2.75) is 6.42 Å². The Kier molecular flexibility index (Phi) is 4.64. The van der Waals surface area contributed by atoms with Crippen LogP contribution >= 0.6 is 0 Å². The Morgan fingerprint density at radius 2 is 2.07 bits per heavy atom. The van der Waals surface area contributed by atoms with E-state index in [0.717, 1.165) is 16.9 Å². The molecule has 80 valence electrons. The Balaban J connectivity index is 2.60. The second-order valence-corrected chi connectivity index (χ2v) is 3.24. The number of hydrogen-bond donors (Lipinski definition) is 1. The first-order chi connectivity index (χ1) is 7.26. The van der Waals surface area contributed by atoms with Gasteiger partial charge in [-0.3, -0.25) is 0 Å². The van der Waals surface area contributed by atoms with Crippen LogP contribution in [0.15, 0.2) is 42.5 Å². The van der Waals surface area contributed by atoms with Gasteiger partial charge in [0.15, 0.2) is 0 Å². The first kappa shape index (κ1) is 11.5. The largest absolute Gasteiger partial charge is 0.497 e. The van der Waals surface area contributed by atoms with Crippen molar-refractivity contribution in [2.24, 2.45) is 0 Å². The zero-order valence-electron chi connectivity index (χ0n) is 8.94. The van der Waals surface area contributed by atoms with Gasteiger partial charge in [-0.05, 0) is 24.1 Å². The molecule has 15 heavy (non-hydrogen) atoms. The molecule has 0 aliphatic rings. The third-order valence-corrected chi connectivity index (χ3v) is 2.06. The van der Waals surface area contributed by atoms with Crippen molar-refractivity contribution >= 4 is 6.08 Å². The van der Waals surface area contributed by atoms with Crippen LogP contribution in [-0.4, -0.2) is 18.8 Å². The van der Waals surface area contributed by atoms with Crippen molar-refractivity contribution in [3.8, 4) is 5.75 Å². The molecule has 0 saturated heterocycles. The van der Waals surface area contributed by atoms with Gasteiger partial charge in [0.05, 0.1) is 7.11 Å². The number of rotatable bonds is 5. The summed E-state index contributed by atoms with van der Waals surface area (Å²) in [5.41, 5.74) is 2.02. The van der Waals surface area contributed by atoms with Crippen LogP contribution in [0.3, 0.4) is 0 Å². The highest BCUT2D eigenvalue weighted by Gasteiger charge is 1.91. The van der Waals surface area contributed by atoms with Crippen molar-refractivity contribution in [1.29, 1.82) is 0 Å². The molecule has 2 heteroatoms. The van der Waals surface area contributed by atoms with Gasteiger partial charge in [-0.2, -0.15) is 0 Å². The molecule has 0 unspecified atom stereocenters. The lowest BCUT2D eigenvalue weighted by molar-refractivity contribution is 0.300. The molecule has 0 saturated carbocycles. The SMILES string of the molecule is C=C(/C=C/c1ccc(OC)cc1)CCO. The van der Waals surface area contributed by atoms with Crippen LogP contribution in [0.4, 0.5) is 0 Å². The average Bonchev–Trinajstić information content (AvgIpc) is 2.27. The maximum Gasteiger partial charge on any atom is 0.118 e. The van der Waals surface area contributed by atoms with Gasteiger partial charge in [0.25, 0.3) is 0 Å². The van der Waals surface area contributed by atoms with Gasteiger partial charge < -0.3 is 9.84 Å². The lowest BCUT2D eigenvalue weighted by Crippen LogP contribution is -1.83. The van der Waals surface area contributed by atoms with E-state index in [1.54, 1.807) is 7.11 Å². The van der Waals surface area contributed by atoms with Gasteiger partial charge in [0.1, 0.15) is 5.75 Å². The lowest BCUT2D eigenvalue weighted by atomic mass is 10.1. The molecule has 0 atom stereocenters. The fourth-order valence-corrected chi connectivity index (χ4v) is 1.16. The molecule has 1 aromatic rings. The van der Waals surface area contributed by atoms with E-state index in [-0.39, 0.29) is 6.61 Å². The Morgan fingerprint density at radius 1 is 1.40 bits per heavy atom. The number of allylic oxidation sites excluding steroid dienone is 1. The summed E-state index contributed by atoms with van der Waals surface area (Å²) in [6, 6.07) is 7.77. The van der Waals surface area contributed by atoms with Gasteiger partial charge in [-0.1, -0.05) is 36.4 Å². The summed E-state index contributed by atoms with van der Waals surface area (Å²) in [7, 11) is 1.65. The second kappa shape index (κ2) is 6.04.